The van der Waals surface area contributed by atoms with Crippen molar-refractivity contribution in [3.05, 3.63) is 71.8 Å². The van der Waals surface area contributed by atoms with Gasteiger partial charge < -0.3 is 0 Å². The van der Waals surface area contributed by atoms with E-state index < -0.39 is 0 Å². The minimum atomic E-state index is 0.125. The molecular formula is C15H13O. The summed E-state index contributed by atoms with van der Waals surface area (Å²) in [6.45, 7) is 0. The average Bonchev–Trinajstić information content (AvgIpc) is 2.38. The standard InChI is InChI=1S/C15H13O/c16-12-11-15(13-7-3-1-4-8-13)14-9-5-2-6-10-14/h1-10,15H,11H2. The third-order valence-corrected chi connectivity index (χ3v) is 2.69. The number of rotatable bonds is 4. The summed E-state index contributed by atoms with van der Waals surface area (Å²) in [5, 5.41) is 0. The molecule has 0 amide bonds. The molecule has 2 rings (SSSR count). The Balaban J connectivity index is 2.35. The summed E-state index contributed by atoms with van der Waals surface area (Å²) in [5.41, 5.74) is 2.33. The van der Waals surface area contributed by atoms with Crippen LogP contribution >= 0.6 is 0 Å². The van der Waals surface area contributed by atoms with Crippen molar-refractivity contribution < 1.29 is 4.79 Å². The van der Waals surface area contributed by atoms with Crippen LogP contribution in [-0.4, -0.2) is 6.29 Å². The fourth-order valence-corrected chi connectivity index (χ4v) is 1.88. The van der Waals surface area contributed by atoms with Gasteiger partial charge in [0.05, 0.1) is 0 Å². The van der Waals surface area contributed by atoms with E-state index in [0.29, 0.717) is 6.42 Å². The third kappa shape index (κ3) is 2.37. The first kappa shape index (κ1) is 10.6. The molecule has 0 fully saturated rings. The highest BCUT2D eigenvalue weighted by Gasteiger charge is 2.12. The Labute approximate surface area is 95.7 Å². The van der Waals surface area contributed by atoms with E-state index in [4.69, 9.17) is 0 Å². The molecule has 2 aromatic rings. The zero-order valence-corrected chi connectivity index (χ0v) is 8.97. The fourth-order valence-electron chi connectivity index (χ4n) is 1.88. The van der Waals surface area contributed by atoms with E-state index in [-0.39, 0.29) is 5.92 Å². The maximum absolute atomic E-state index is 10.6. The van der Waals surface area contributed by atoms with Gasteiger partial charge in [-0.1, -0.05) is 60.7 Å². The Bertz CT molecular complexity index is 394. The number of carbonyl (C=O) groups excluding carboxylic acids is 1. The van der Waals surface area contributed by atoms with Gasteiger partial charge in [-0.3, -0.25) is 4.79 Å². The minimum absolute atomic E-state index is 0.125. The molecule has 0 aromatic heterocycles. The van der Waals surface area contributed by atoms with Gasteiger partial charge in [0.1, 0.15) is 0 Å². The zero-order chi connectivity index (χ0) is 11.2. The minimum Gasteiger partial charge on any atom is -0.291 e. The summed E-state index contributed by atoms with van der Waals surface area (Å²) in [7, 11) is 0. The molecule has 0 atom stereocenters. The maximum Gasteiger partial charge on any atom is 0.199 e. The van der Waals surface area contributed by atoms with E-state index in [1.54, 1.807) is 0 Å². The SMILES string of the molecule is O=[C]CC(c1ccccc1)c1ccccc1. The molecule has 2 aromatic carbocycles. The van der Waals surface area contributed by atoms with Crippen molar-refractivity contribution in [1.29, 1.82) is 0 Å². The molecule has 0 aliphatic carbocycles. The molecule has 1 nitrogen and oxygen atoms in total. The van der Waals surface area contributed by atoms with E-state index in [2.05, 4.69) is 24.3 Å². The van der Waals surface area contributed by atoms with Gasteiger partial charge in [0.2, 0.25) is 0 Å². The highest BCUT2D eigenvalue weighted by atomic mass is 16.1. The van der Waals surface area contributed by atoms with Crippen molar-refractivity contribution in [3.63, 3.8) is 0 Å². The first-order valence-electron chi connectivity index (χ1n) is 5.36. The molecule has 1 heteroatoms. The molecule has 0 unspecified atom stereocenters. The van der Waals surface area contributed by atoms with E-state index in [1.807, 2.05) is 42.7 Å². The molecule has 0 N–H and O–H groups in total. The predicted octanol–water partition coefficient (Wildman–Crippen LogP) is 3.32. The quantitative estimate of drug-likeness (QED) is 0.755. The van der Waals surface area contributed by atoms with Crippen LogP contribution in [0, 0.1) is 0 Å². The van der Waals surface area contributed by atoms with Crippen molar-refractivity contribution in [2.24, 2.45) is 0 Å². The van der Waals surface area contributed by atoms with Crippen LogP contribution in [0.25, 0.3) is 0 Å². The fraction of sp³-hybridized carbons (Fsp3) is 0.133. The second kappa shape index (κ2) is 5.26. The molecule has 0 aliphatic heterocycles. The average molecular weight is 209 g/mol. The van der Waals surface area contributed by atoms with E-state index >= 15 is 0 Å². The lowest BCUT2D eigenvalue weighted by molar-refractivity contribution is 0.547. The second-order valence-electron chi connectivity index (χ2n) is 3.72. The molecule has 0 spiro atoms. The largest absolute Gasteiger partial charge is 0.291 e. The van der Waals surface area contributed by atoms with Crippen LogP contribution in [0.3, 0.4) is 0 Å². The van der Waals surface area contributed by atoms with Crippen molar-refractivity contribution in [2.45, 2.75) is 12.3 Å². The van der Waals surface area contributed by atoms with Crippen molar-refractivity contribution in [1.82, 2.24) is 0 Å². The highest BCUT2D eigenvalue weighted by molar-refractivity contribution is 5.55. The lowest BCUT2D eigenvalue weighted by Gasteiger charge is -2.14. The zero-order valence-electron chi connectivity index (χ0n) is 8.97. The monoisotopic (exact) mass is 209 g/mol. The normalized spacial score (nSPS) is 10.3. The number of hydrogen-bond donors (Lipinski definition) is 0. The molecular weight excluding hydrogens is 196 g/mol. The smallest absolute Gasteiger partial charge is 0.199 e. The molecule has 0 saturated heterocycles. The number of hydrogen-bond acceptors (Lipinski definition) is 1. The van der Waals surface area contributed by atoms with Crippen LogP contribution in [-0.2, 0) is 4.79 Å². The topological polar surface area (TPSA) is 17.1 Å². The van der Waals surface area contributed by atoms with Crippen LogP contribution in [0.4, 0.5) is 0 Å². The molecule has 79 valence electrons. The number of benzene rings is 2. The maximum atomic E-state index is 10.6. The van der Waals surface area contributed by atoms with Crippen LogP contribution in [0.2, 0.25) is 0 Å². The van der Waals surface area contributed by atoms with E-state index in [1.165, 1.54) is 0 Å². The van der Waals surface area contributed by atoms with E-state index in [9.17, 15) is 4.79 Å². The summed E-state index contributed by atoms with van der Waals surface area (Å²) in [4.78, 5) is 10.6. The summed E-state index contributed by atoms with van der Waals surface area (Å²) < 4.78 is 0. The van der Waals surface area contributed by atoms with Crippen LogP contribution in [0.1, 0.15) is 23.5 Å². The van der Waals surface area contributed by atoms with Gasteiger partial charge in [-0.05, 0) is 11.1 Å². The summed E-state index contributed by atoms with van der Waals surface area (Å²) in [6.07, 6.45) is 2.43. The van der Waals surface area contributed by atoms with Gasteiger partial charge in [0, 0.05) is 12.3 Å². The van der Waals surface area contributed by atoms with Gasteiger partial charge in [0.15, 0.2) is 6.29 Å². The molecule has 0 bridgehead atoms. The molecule has 0 saturated carbocycles. The summed E-state index contributed by atoms with van der Waals surface area (Å²) >= 11 is 0. The van der Waals surface area contributed by atoms with Gasteiger partial charge in [-0.2, -0.15) is 0 Å². The first-order valence-corrected chi connectivity index (χ1v) is 5.36. The molecule has 1 radical (unpaired) electrons. The third-order valence-electron chi connectivity index (χ3n) is 2.69. The van der Waals surface area contributed by atoms with Crippen molar-refractivity contribution in [3.8, 4) is 0 Å². The Kier molecular flexibility index (Phi) is 3.50. The van der Waals surface area contributed by atoms with Crippen molar-refractivity contribution >= 4 is 6.29 Å². The lowest BCUT2D eigenvalue weighted by Crippen LogP contribution is -2.01. The van der Waals surface area contributed by atoms with Gasteiger partial charge >= 0.3 is 0 Å². The molecule has 0 aliphatic rings. The van der Waals surface area contributed by atoms with Crippen molar-refractivity contribution in [2.75, 3.05) is 0 Å². The first-order chi connectivity index (χ1) is 7.92. The highest BCUT2D eigenvalue weighted by Crippen LogP contribution is 2.26. The van der Waals surface area contributed by atoms with Gasteiger partial charge in [0.25, 0.3) is 0 Å². The van der Waals surface area contributed by atoms with Crippen LogP contribution in [0.5, 0.6) is 0 Å². The lowest BCUT2D eigenvalue weighted by atomic mass is 9.89. The molecule has 16 heavy (non-hydrogen) atoms. The summed E-state index contributed by atoms with van der Waals surface area (Å²) in [5.74, 6) is 0.125. The van der Waals surface area contributed by atoms with Crippen LogP contribution in [0.15, 0.2) is 60.7 Å². The van der Waals surface area contributed by atoms with E-state index in [0.717, 1.165) is 11.1 Å². The molecule has 0 heterocycles. The van der Waals surface area contributed by atoms with Gasteiger partial charge in [-0.15, -0.1) is 0 Å². The Hall–Kier alpha value is -1.89. The Morgan fingerprint density at radius 3 is 1.62 bits per heavy atom. The van der Waals surface area contributed by atoms with Gasteiger partial charge in [-0.25, -0.2) is 0 Å². The summed E-state index contributed by atoms with van der Waals surface area (Å²) in [6, 6.07) is 20.2. The Morgan fingerprint density at radius 2 is 1.25 bits per heavy atom. The second-order valence-corrected chi connectivity index (χ2v) is 3.72. The predicted molar refractivity (Wildman–Crippen MR) is 65.0 cm³/mol. The Morgan fingerprint density at radius 1 is 0.812 bits per heavy atom. The van der Waals surface area contributed by atoms with Crippen LogP contribution < -0.4 is 0 Å².